The van der Waals surface area contributed by atoms with Crippen LogP contribution in [-0.2, 0) is 21.0 Å². The molecule has 0 aromatic heterocycles. The summed E-state index contributed by atoms with van der Waals surface area (Å²) in [6, 6.07) is 5.64. The molecule has 3 fully saturated rings. The Morgan fingerprint density at radius 1 is 1.11 bits per heavy atom. The topological polar surface area (TPSA) is 42.0 Å². The van der Waals surface area contributed by atoms with E-state index in [0.29, 0.717) is 29.7 Å². The molecule has 0 unspecified atom stereocenters. The number of amides is 1. The van der Waals surface area contributed by atoms with Crippen LogP contribution < -0.4 is 0 Å². The first kappa shape index (κ1) is 19.5. The van der Waals surface area contributed by atoms with Crippen molar-refractivity contribution < 1.29 is 14.6 Å². The predicted molar refractivity (Wildman–Crippen MR) is 105 cm³/mol. The third-order valence-electron chi connectivity index (χ3n) is 6.13. The number of hydrogen-bond acceptors (Lipinski definition) is 4. The molecule has 27 heavy (non-hydrogen) atoms. The second kappa shape index (κ2) is 8.26. The Hall–Kier alpha value is -0.850. The minimum atomic E-state index is 0.0603. The lowest BCUT2D eigenvalue weighted by Gasteiger charge is -2.44. The Bertz CT molecular complexity index is 688. The summed E-state index contributed by atoms with van der Waals surface area (Å²) in [5, 5.41) is 1.01. The van der Waals surface area contributed by atoms with E-state index in [2.05, 4.69) is 9.80 Å². The van der Waals surface area contributed by atoms with E-state index in [1.54, 1.807) is 12.1 Å². The maximum absolute atomic E-state index is 13.1. The van der Waals surface area contributed by atoms with E-state index in [0.717, 1.165) is 44.6 Å². The van der Waals surface area contributed by atoms with Crippen molar-refractivity contribution in [1.29, 1.82) is 0 Å². The van der Waals surface area contributed by atoms with Crippen LogP contribution in [-0.4, -0.2) is 61.1 Å². The van der Waals surface area contributed by atoms with Gasteiger partial charge in [-0.3, -0.25) is 4.79 Å². The van der Waals surface area contributed by atoms with Gasteiger partial charge in [0.2, 0.25) is 5.91 Å². The molecule has 1 aromatic carbocycles. The first-order valence-corrected chi connectivity index (χ1v) is 10.5. The highest BCUT2D eigenvalue weighted by atomic mass is 35.5. The van der Waals surface area contributed by atoms with Crippen molar-refractivity contribution >= 4 is 29.1 Å². The zero-order chi connectivity index (χ0) is 18.9. The largest absolute Gasteiger partial charge is 0.338 e. The quantitative estimate of drug-likeness (QED) is 0.708. The van der Waals surface area contributed by atoms with Gasteiger partial charge in [0.1, 0.15) is 0 Å². The average molecular weight is 413 g/mol. The molecule has 7 heteroatoms. The van der Waals surface area contributed by atoms with Gasteiger partial charge >= 0.3 is 0 Å². The summed E-state index contributed by atoms with van der Waals surface area (Å²) in [6.45, 7) is 5.23. The van der Waals surface area contributed by atoms with Crippen LogP contribution in [0.5, 0.6) is 0 Å². The van der Waals surface area contributed by atoms with Crippen LogP contribution in [0.4, 0.5) is 0 Å². The molecule has 0 aliphatic carbocycles. The van der Waals surface area contributed by atoms with Gasteiger partial charge in [-0.2, -0.15) is 0 Å². The second-order valence-electron chi connectivity index (χ2n) is 8.15. The second-order valence-corrected chi connectivity index (χ2v) is 8.97. The van der Waals surface area contributed by atoms with E-state index in [-0.39, 0.29) is 17.4 Å². The van der Waals surface area contributed by atoms with Crippen molar-refractivity contribution in [1.82, 2.24) is 9.80 Å². The van der Waals surface area contributed by atoms with Crippen LogP contribution in [0.15, 0.2) is 18.2 Å². The van der Waals surface area contributed by atoms with Crippen molar-refractivity contribution in [3.8, 4) is 0 Å². The molecule has 3 aliphatic heterocycles. The molecule has 148 valence electrons. The maximum Gasteiger partial charge on any atom is 0.227 e. The van der Waals surface area contributed by atoms with Crippen LogP contribution in [0.25, 0.3) is 0 Å². The summed E-state index contributed by atoms with van der Waals surface area (Å²) in [5.41, 5.74) is 0.965. The molecule has 1 spiro atoms. The summed E-state index contributed by atoms with van der Waals surface area (Å²) < 4.78 is 0. The van der Waals surface area contributed by atoms with Crippen molar-refractivity contribution in [2.45, 2.75) is 38.1 Å². The maximum atomic E-state index is 13.1. The average Bonchev–Trinajstić information content (AvgIpc) is 3.31. The fourth-order valence-electron chi connectivity index (χ4n) is 4.57. The smallest absolute Gasteiger partial charge is 0.227 e. The molecule has 3 heterocycles. The van der Waals surface area contributed by atoms with Gasteiger partial charge in [0, 0.05) is 24.5 Å². The molecule has 0 bridgehead atoms. The molecule has 5 nitrogen and oxygen atoms in total. The van der Waals surface area contributed by atoms with Gasteiger partial charge in [0.25, 0.3) is 0 Å². The molecule has 0 saturated carbocycles. The Labute approximate surface area is 170 Å². The highest BCUT2D eigenvalue weighted by molar-refractivity contribution is 6.42. The molecule has 0 N–H and O–H groups in total. The Kier molecular flexibility index (Phi) is 5.95. The van der Waals surface area contributed by atoms with Crippen LogP contribution in [0.1, 0.15) is 31.2 Å². The van der Waals surface area contributed by atoms with Gasteiger partial charge in [-0.1, -0.05) is 29.3 Å². The highest BCUT2D eigenvalue weighted by Gasteiger charge is 2.45. The van der Waals surface area contributed by atoms with Crippen molar-refractivity contribution in [3.05, 3.63) is 33.8 Å². The zero-order valence-electron chi connectivity index (χ0n) is 15.5. The minimum absolute atomic E-state index is 0.0603. The van der Waals surface area contributed by atoms with E-state index in [1.165, 1.54) is 12.8 Å². The number of halogens is 2. The summed E-state index contributed by atoms with van der Waals surface area (Å²) in [5.74, 6) is 0.160. The number of piperidine rings is 1. The van der Waals surface area contributed by atoms with Crippen molar-refractivity contribution in [2.75, 3.05) is 39.4 Å². The Balaban J connectivity index is 1.47. The number of benzene rings is 1. The zero-order valence-corrected chi connectivity index (χ0v) is 17.0. The summed E-state index contributed by atoms with van der Waals surface area (Å²) in [6.07, 6.45) is 4.73. The number of rotatable bonds is 4. The van der Waals surface area contributed by atoms with Gasteiger partial charge in [-0.05, 0) is 56.5 Å². The number of carbonyl (C=O) groups excluding carboxylic acids is 1. The minimum Gasteiger partial charge on any atom is -0.338 e. The third kappa shape index (κ3) is 4.43. The van der Waals surface area contributed by atoms with Gasteiger partial charge in [0.15, 0.2) is 0 Å². The van der Waals surface area contributed by atoms with E-state index in [1.807, 2.05) is 6.07 Å². The van der Waals surface area contributed by atoms with Gasteiger partial charge in [-0.25, -0.2) is 9.78 Å². The molecule has 1 amide bonds. The van der Waals surface area contributed by atoms with Gasteiger partial charge in [0.05, 0.1) is 29.7 Å². The van der Waals surface area contributed by atoms with E-state index >= 15 is 0 Å². The number of hydrogen-bond donors (Lipinski definition) is 0. The first-order valence-electron chi connectivity index (χ1n) is 9.75. The van der Waals surface area contributed by atoms with Crippen molar-refractivity contribution in [3.63, 3.8) is 0 Å². The van der Waals surface area contributed by atoms with Crippen LogP contribution in [0.2, 0.25) is 10.0 Å². The summed E-state index contributed by atoms with van der Waals surface area (Å²) in [7, 11) is 0. The van der Waals surface area contributed by atoms with Crippen LogP contribution in [0, 0.1) is 5.41 Å². The summed E-state index contributed by atoms with van der Waals surface area (Å²) in [4.78, 5) is 28.1. The molecular weight excluding hydrogens is 387 g/mol. The van der Waals surface area contributed by atoms with E-state index < -0.39 is 0 Å². The Morgan fingerprint density at radius 3 is 2.56 bits per heavy atom. The molecule has 0 radical (unpaired) electrons. The van der Waals surface area contributed by atoms with Crippen LogP contribution >= 0.6 is 23.2 Å². The van der Waals surface area contributed by atoms with Gasteiger partial charge < -0.3 is 9.80 Å². The molecule has 1 aromatic rings. The summed E-state index contributed by atoms with van der Waals surface area (Å²) >= 11 is 12.1. The lowest BCUT2D eigenvalue weighted by Crippen LogP contribution is -2.55. The number of carbonyl (C=O) groups is 1. The molecule has 3 aliphatic rings. The number of nitrogens with zero attached hydrogens (tertiary/aromatic N) is 2. The standard InChI is InChI=1S/C20H26Cl2N2O3/c21-17-4-3-15(9-18(17)22)10-19(25)24-8-5-20(13-26-27-14-20)11-16(24)12-23-6-1-2-7-23/h3-4,9,16H,1-2,5-8,10-14H2/t16-/m0/s1. The van der Waals surface area contributed by atoms with E-state index in [4.69, 9.17) is 33.0 Å². The fraction of sp³-hybridized carbons (Fsp3) is 0.650. The SMILES string of the molecule is O=C(Cc1ccc(Cl)c(Cl)c1)N1CCC2(COOC2)C[C@H]1CN1CCCC1. The van der Waals surface area contributed by atoms with E-state index in [9.17, 15) is 4.79 Å². The lowest BCUT2D eigenvalue weighted by atomic mass is 9.76. The molecular formula is C20H26Cl2N2O3. The fourth-order valence-corrected chi connectivity index (χ4v) is 4.89. The molecule has 4 rings (SSSR count). The first-order chi connectivity index (χ1) is 13.0. The highest BCUT2D eigenvalue weighted by Crippen LogP contribution is 2.39. The van der Waals surface area contributed by atoms with Crippen molar-refractivity contribution in [2.24, 2.45) is 5.41 Å². The normalized spacial score (nSPS) is 25.4. The third-order valence-corrected chi connectivity index (χ3v) is 6.87. The van der Waals surface area contributed by atoms with Gasteiger partial charge in [-0.15, -0.1) is 0 Å². The lowest BCUT2D eigenvalue weighted by molar-refractivity contribution is -0.248. The number of likely N-dealkylation sites (tertiary alicyclic amines) is 2. The van der Waals surface area contributed by atoms with Crippen LogP contribution in [0.3, 0.4) is 0 Å². The Morgan fingerprint density at radius 2 is 1.85 bits per heavy atom. The monoisotopic (exact) mass is 412 g/mol. The predicted octanol–water partition coefficient (Wildman–Crippen LogP) is 3.57. The molecule has 1 atom stereocenters. The molecule has 3 saturated heterocycles.